The van der Waals surface area contributed by atoms with Gasteiger partial charge in [0.15, 0.2) is 5.82 Å². The van der Waals surface area contributed by atoms with Crippen molar-refractivity contribution in [1.82, 2.24) is 24.9 Å². The SMILES string of the molecule is Cc1nc(-c2ccncc2)nc(N(C)Cc2cnccn2)c1C. The molecule has 0 spiro atoms. The molecular weight excluding hydrogens is 288 g/mol. The molecular formula is C17H18N6. The van der Waals surface area contributed by atoms with Crippen molar-refractivity contribution in [3.8, 4) is 11.4 Å². The number of aromatic nitrogens is 5. The molecule has 23 heavy (non-hydrogen) atoms. The summed E-state index contributed by atoms with van der Waals surface area (Å²) in [6, 6.07) is 3.83. The second-order valence-electron chi connectivity index (χ2n) is 5.37. The van der Waals surface area contributed by atoms with E-state index in [9.17, 15) is 0 Å². The quantitative estimate of drug-likeness (QED) is 0.738. The summed E-state index contributed by atoms with van der Waals surface area (Å²) in [5.41, 5.74) is 3.88. The smallest absolute Gasteiger partial charge is 0.161 e. The molecule has 0 fully saturated rings. The van der Waals surface area contributed by atoms with Crippen LogP contribution in [0.5, 0.6) is 0 Å². The Kier molecular flexibility index (Phi) is 4.23. The molecule has 3 rings (SSSR count). The minimum Gasteiger partial charge on any atom is -0.353 e. The van der Waals surface area contributed by atoms with Crippen LogP contribution in [0.25, 0.3) is 11.4 Å². The van der Waals surface area contributed by atoms with Gasteiger partial charge in [-0.1, -0.05) is 0 Å². The van der Waals surface area contributed by atoms with Gasteiger partial charge in [0.25, 0.3) is 0 Å². The minimum absolute atomic E-state index is 0.640. The Labute approximate surface area is 135 Å². The number of hydrogen-bond donors (Lipinski definition) is 0. The lowest BCUT2D eigenvalue weighted by Gasteiger charge is -2.21. The van der Waals surface area contributed by atoms with E-state index in [-0.39, 0.29) is 0 Å². The lowest BCUT2D eigenvalue weighted by molar-refractivity contribution is 0.843. The molecule has 116 valence electrons. The monoisotopic (exact) mass is 306 g/mol. The highest BCUT2D eigenvalue weighted by atomic mass is 15.2. The molecule has 0 bridgehead atoms. The van der Waals surface area contributed by atoms with E-state index in [2.05, 4.69) is 24.8 Å². The van der Waals surface area contributed by atoms with Crippen LogP contribution in [-0.4, -0.2) is 32.0 Å². The first-order chi connectivity index (χ1) is 11.1. The first kappa shape index (κ1) is 15.0. The fraction of sp³-hybridized carbons (Fsp3) is 0.235. The van der Waals surface area contributed by atoms with E-state index < -0.39 is 0 Å². The third-order valence-corrected chi connectivity index (χ3v) is 3.68. The molecule has 0 atom stereocenters. The summed E-state index contributed by atoms with van der Waals surface area (Å²) in [4.78, 5) is 23.9. The summed E-state index contributed by atoms with van der Waals surface area (Å²) in [5, 5.41) is 0. The van der Waals surface area contributed by atoms with E-state index in [1.165, 1.54) is 0 Å². The Morgan fingerprint density at radius 1 is 0.957 bits per heavy atom. The molecule has 3 aromatic rings. The van der Waals surface area contributed by atoms with Gasteiger partial charge < -0.3 is 4.90 Å². The van der Waals surface area contributed by atoms with Crippen molar-refractivity contribution in [2.45, 2.75) is 20.4 Å². The normalized spacial score (nSPS) is 10.6. The largest absolute Gasteiger partial charge is 0.353 e. The predicted octanol–water partition coefficient (Wildman–Crippen LogP) is 2.58. The van der Waals surface area contributed by atoms with Gasteiger partial charge in [0, 0.05) is 48.7 Å². The van der Waals surface area contributed by atoms with E-state index in [1.54, 1.807) is 31.0 Å². The van der Waals surface area contributed by atoms with E-state index in [0.29, 0.717) is 12.4 Å². The predicted molar refractivity (Wildman–Crippen MR) is 88.9 cm³/mol. The molecule has 3 heterocycles. The first-order valence-electron chi connectivity index (χ1n) is 7.37. The second-order valence-corrected chi connectivity index (χ2v) is 5.37. The van der Waals surface area contributed by atoms with E-state index in [0.717, 1.165) is 28.3 Å². The van der Waals surface area contributed by atoms with Gasteiger partial charge in [0.2, 0.25) is 0 Å². The molecule has 0 saturated heterocycles. The number of rotatable bonds is 4. The molecule has 0 N–H and O–H groups in total. The summed E-state index contributed by atoms with van der Waals surface area (Å²) in [7, 11) is 2.00. The highest BCUT2D eigenvalue weighted by Gasteiger charge is 2.14. The summed E-state index contributed by atoms with van der Waals surface area (Å²) in [6.45, 7) is 4.68. The second kappa shape index (κ2) is 6.48. The molecule has 0 saturated carbocycles. The van der Waals surface area contributed by atoms with Gasteiger partial charge in [-0.2, -0.15) is 0 Å². The van der Waals surface area contributed by atoms with Gasteiger partial charge in [0.1, 0.15) is 5.82 Å². The summed E-state index contributed by atoms with van der Waals surface area (Å²) < 4.78 is 0. The molecule has 6 nitrogen and oxygen atoms in total. The number of pyridine rings is 1. The van der Waals surface area contributed by atoms with Crippen LogP contribution in [0.3, 0.4) is 0 Å². The van der Waals surface area contributed by atoms with Crippen LogP contribution in [0.1, 0.15) is 17.0 Å². The fourth-order valence-electron chi connectivity index (χ4n) is 2.34. The molecule has 0 aliphatic rings. The van der Waals surface area contributed by atoms with Crippen molar-refractivity contribution < 1.29 is 0 Å². The zero-order valence-corrected chi connectivity index (χ0v) is 13.4. The number of aryl methyl sites for hydroxylation is 1. The standard InChI is InChI=1S/C17H18N6/c1-12-13(2)21-16(14-4-6-18-7-5-14)22-17(12)23(3)11-15-10-19-8-9-20-15/h4-10H,11H2,1-3H3. The van der Waals surface area contributed by atoms with Crippen molar-refractivity contribution in [3.05, 3.63) is 60.1 Å². The maximum atomic E-state index is 4.74. The number of hydrogen-bond acceptors (Lipinski definition) is 6. The van der Waals surface area contributed by atoms with Crippen LogP contribution >= 0.6 is 0 Å². The van der Waals surface area contributed by atoms with Crippen LogP contribution in [0, 0.1) is 13.8 Å². The van der Waals surface area contributed by atoms with E-state index in [1.807, 2.05) is 33.0 Å². The lowest BCUT2D eigenvalue weighted by Crippen LogP contribution is -2.21. The fourth-order valence-corrected chi connectivity index (χ4v) is 2.34. The summed E-state index contributed by atoms with van der Waals surface area (Å²) >= 11 is 0. The molecule has 0 unspecified atom stereocenters. The van der Waals surface area contributed by atoms with Crippen molar-refractivity contribution in [1.29, 1.82) is 0 Å². The van der Waals surface area contributed by atoms with E-state index in [4.69, 9.17) is 4.98 Å². The van der Waals surface area contributed by atoms with E-state index >= 15 is 0 Å². The van der Waals surface area contributed by atoms with Gasteiger partial charge in [-0.25, -0.2) is 9.97 Å². The molecule has 0 aliphatic heterocycles. The Morgan fingerprint density at radius 3 is 2.43 bits per heavy atom. The van der Waals surface area contributed by atoms with Crippen molar-refractivity contribution >= 4 is 5.82 Å². The van der Waals surface area contributed by atoms with Crippen LogP contribution in [0.2, 0.25) is 0 Å². The molecule has 6 heteroatoms. The average molecular weight is 306 g/mol. The van der Waals surface area contributed by atoms with Gasteiger partial charge in [-0.3, -0.25) is 15.0 Å². The third-order valence-electron chi connectivity index (χ3n) is 3.68. The van der Waals surface area contributed by atoms with Gasteiger partial charge in [0.05, 0.1) is 18.4 Å². The highest BCUT2D eigenvalue weighted by molar-refractivity contribution is 5.59. The minimum atomic E-state index is 0.640. The van der Waals surface area contributed by atoms with Gasteiger partial charge >= 0.3 is 0 Å². The number of anilines is 1. The number of nitrogens with zero attached hydrogens (tertiary/aromatic N) is 6. The lowest BCUT2D eigenvalue weighted by atomic mass is 10.2. The maximum absolute atomic E-state index is 4.74. The summed E-state index contributed by atoms with van der Waals surface area (Å²) in [6.07, 6.45) is 8.63. The highest BCUT2D eigenvalue weighted by Crippen LogP contribution is 2.24. The average Bonchev–Trinajstić information content (AvgIpc) is 2.58. The molecule has 3 aromatic heterocycles. The third kappa shape index (κ3) is 3.31. The Bertz CT molecular complexity index is 789. The Hall–Kier alpha value is -2.89. The first-order valence-corrected chi connectivity index (χ1v) is 7.37. The summed E-state index contributed by atoms with van der Waals surface area (Å²) in [5.74, 6) is 1.60. The zero-order chi connectivity index (χ0) is 16.2. The van der Waals surface area contributed by atoms with Crippen molar-refractivity contribution in [2.24, 2.45) is 0 Å². The molecule has 0 aliphatic carbocycles. The van der Waals surface area contributed by atoms with Gasteiger partial charge in [-0.05, 0) is 26.0 Å². The van der Waals surface area contributed by atoms with Crippen molar-refractivity contribution in [3.63, 3.8) is 0 Å². The maximum Gasteiger partial charge on any atom is 0.161 e. The zero-order valence-electron chi connectivity index (χ0n) is 13.4. The topological polar surface area (TPSA) is 67.7 Å². The van der Waals surface area contributed by atoms with Crippen LogP contribution in [0.15, 0.2) is 43.1 Å². The van der Waals surface area contributed by atoms with Crippen LogP contribution in [0.4, 0.5) is 5.82 Å². The van der Waals surface area contributed by atoms with Crippen LogP contribution in [-0.2, 0) is 6.54 Å². The molecule has 0 radical (unpaired) electrons. The van der Waals surface area contributed by atoms with Crippen LogP contribution < -0.4 is 4.90 Å². The Balaban J connectivity index is 1.96. The Morgan fingerprint density at radius 2 is 1.74 bits per heavy atom. The van der Waals surface area contributed by atoms with Crippen molar-refractivity contribution in [2.75, 3.05) is 11.9 Å². The van der Waals surface area contributed by atoms with Gasteiger partial charge in [-0.15, -0.1) is 0 Å². The molecule has 0 aromatic carbocycles. The molecule has 0 amide bonds.